The van der Waals surface area contributed by atoms with Gasteiger partial charge in [-0.05, 0) is 18.8 Å². The lowest BCUT2D eigenvalue weighted by molar-refractivity contribution is 0.282. The zero-order valence-corrected chi connectivity index (χ0v) is 10.0. The van der Waals surface area contributed by atoms with Crippen LogP contribution in [0.3, 0.4) is 0 Å². The van der Waals surface area contributed by atoms with Crippen LogP contribution in [0.5, 0.6) is 0 Å². The number of hydrogen-bond donors (Lipinski definition) is 1. The van der Waals surface area contributed by atoms with E-state index >= 15 is 0 Å². The van der Waals surface area contributed by atoms with Gasteiger partial charge in [0.1, 0.15) is 10.8 Å². The third-order valence-corrected chi connectivity index (χ3v) is 3.09. The standard InChI is InChI=1S/C10H18ClN3/c1-5-10(3,4)6-14-9(12)8(11)7(2)13-14/h5-6,12H2,1-4H3. The smallest absolute Gasteiger partial charge is 0.140 e. The monoisotopic (exact) mass is 215 g/mol. The maximum absolute atomic E-state index is 5.96. The first kappa shape index (κ1) is 11.4. The van der Waals surface area contributed by atoms with Crippen LogP contribution in [0, 0.1) is 12.3 Å². The fraction of sp³-hybridized carbons (Fsp3) is 0.700. The van der Waals surface area contributed by atoms with Crippen molar-refractivity contribution in [1.29, 1.82) is 0 Å². The molecule has 0 aliphatic carbocycles. The molecular weight excluding hydrogens is 198 g/mol. The highest BCUT2D eigenvalue weighted by atomic mass is 35.5. The first-order valence-corrected chi connectivity index (χ1v) is 5.23. The number of rotatable bonds is 3. The average molecular weight is 216 g/mol. The fourth-order valence-electron chi connectivity index (χ4n) is 1.22. The Kier molecular flexibility index (Phi) is 3.10. The van der Waals surface area contributed by atoms with Crippen molar-refractivity contribution in [2.45, 2.75) is 40.7 Å². The van der Waals surface area contributed by atoms with Gasteiger partial charge in [-0.3, -0.25) is 0 Å². The number of halogens is 1. The second kappa shape index (κ2) is 3.81. The van der Waals surface area contributed by atoms with Crippen molar-refractivity contribution in [2.75, 3.05) is 5.73 Å². The number of aryl methyl sites for hydroxylation is 1. The molecule has 1 aromatic heterocycles. The van der Waals surface area contributed by atoms with Gasteiger partial charge in [0, 0.05) is 6.54 Å². The highest BCUT2D eigenvalue weighted by molar-refractivity contribution is 6.33. The van der Waals surface area contributed by atoms with Gasteiger partial charge >= 0.3 is 0 Å². The summed E-state index contributed by atoms with van der Waals surface area (Å²) in [5.74, 6) is 0.575. The predicted octanol–water partition coefficient (Wildman–Crippen LogP) is 2.86. The first-order valence-electron chi connectivity index (χ1n) is 4.86. The normalized spacial score (nSPS) is 12.1. The van der Waals surface area contributed by atoms with Crippen LogP contribution in [-0.2, 0) is 6.54 Å². The molecule has 0 spiro atoms. The van der Waals surface area contributed by atoms with Crippen LogP contribution < -0.4 is 5.73 Å². The zero-order valence-electron chi connectivity index (χ0n) is 9.26. The summed E-state index contributed by atoms with van der Waals surface area (Å²) < 4.78 is 1.79. The summed E-state index contributed by atoms with van der Waals surface area (Å²) in [6.07, 6.45) is 1.09. The van der Waals surface area contributed by atoms with Crippen LogP contribution in [0.15, 0.2) is 0 Å². The largest absolute Gasteiger partial charge is 0.383 e. The number of hydrogen-bond acceptors (Lipinski definition) is 2. The van der Waals surface area contributed by atoms with Crippen LogP contribution in [0.2, 0.25) is 5.02 Å². The number of nitrogens with zero attached hydrogens (tertiary/aromatic N) is 2. The summed E-state index contributed by atoms with van der Waals surface area (Å²) in [5, 5.41) is 4.88. The van der Waals surface area contributed by atoms with E-state index in [0.29, 0.717) is 10.8 Å². The SMILES string of the molecule is CCC(C)(C)Cn1nc(C)c(Cl)c1N. The van der Waals surface area contributed by atoms with Gasteiger partial charge in [0.25, 0.3) is 0 Å². The van der Waals surface area contributed by atoms with Crippen molar-refractivity contribution >= 4 is 17.4 Å². The number of anilines is 1. The Morgan fingerprint density at radius 3 is 2.43 bits per heavy atom. The van der Waals surface area contributed by atoms with Gasteiger partial charge in [0.15, 0.2) is 0 Å². The topological polar surface area (TPSA) is 43.8 Å². The van der Waals surface area contributed by atoms with Crippen LogP contribution in [-0.4, -0.2) is 9.78 Å². The molecule has 1 aromatic rings. The van der Waals surface area contributed by atoms with Crippen molar-refractivity contribution in [3.8, 4) is 0 Å². The molecule has 0 amide bonds. The molecule has 2 N–H and O–H groups in total. The van der Waals surface area contributed by atoms with Crippen molar-refractivity contribution in [3.05, 3.63) is 10.7 Å². The molecule has 1 rings (SSSR count). The Morgan fingerprint density at radius 2 is 2.07 bits per heavy atom. The van der Waals surface area contributed by atoms with Crippen molar-refractivity contribution in [1.82, 2.24) is 9.78 Å². The summed E-state index contributed by atoms with van der Waals surface area (Å²) in [6.45, 7) is 9.22. The molecule has 3 nitrogen and oxygen atoms in total. The molecule has 0 aromatic carbocycles. The lowest BCUT2D eigenvalue weighted by Gasteiger charge is -2.22. The van der Waals surface area contributed by atoms with E-state index in [-0.39, 0.29) is 5.41 Å². The van der Waals surface area contributed by atoms with E-state index in [2.05, 4.69) is 25.9 Å². The summed E-state index contributed by atoms with van der Waals surface area (Å²) in [6, 6.07) is 0. The molecule has 0 saturated carbocycles. The van der Waals surface area contributed by atoms with Crippen LogP contribution >= 0.6 is 11.6 Å². The van der Waals surface area contributed by atoms with Crippen LogP contribution in [0.25, 0.3) is 0 Å². The highest BCUT2D eigenvalue weighted by Gasteiger charge is 2.19. The van der Waals surface area contributed by atoms with Gasteiger partial charge in [-0.15, -0.1) is 0 Å². The summed E-state index contributed by atoms with van der Waals surface area (Å²) in [7, 11) is 0. The van der Waals surface area contributed by atoms with Crippen molar-refractivity contribution in [3.63, 3.8) is 0 Å². The molecule has 0 bridgehead atoms. The minimum absolute atomic E-state index is 0.204. The number of nitrogen functional groups attached to an aromatic ring is 1. The number of aromatic nitrogens is 2. The van der Waals surface area contributed by atoms with Gasteiger partial charge in [-0.2, -0.15) is 5.10 Å². The van der Waals surface area contributed by atoms with Gasteiger partial charge < -0.3 is 5.73 Å². The van der Waals surface area contributed by atoms with E-state index in [1.807, 2.05) is 6.92 Å². The Bertz CT molecular complexity index is 328. The molecule has 1 heterocycles. The third-order valence-electron chi connectivity index (χ3n) is 2.63. The van der Waals surface area contributed by atoms with E-state index in [1.165, 1.54) is 0 Å². The zero-order chi connectivity index (χ0) is 10.9. The molecule has 0 radical (unpaired) electrons. The lowest BCUT2D eigenvalue weighted by Crippen LogP contribution is -2.20. The Balaban J connectivity index is 2.93. The molecule has 0 saturated heterocycles. The Hall–Kier alpha value is -0.700. The average Bonchev–Trinajstić information content (AvgIpc) is 2.33. The maximum atomic E-state index is 5.96. The predicted molar refractivity (Wildman–Crippen MR) is 60.5 cm³/mol. The second-order valence-electron chi connectivity index (χ2n) is 4.46. The first-order chi connectivity index (χ1) is 6.37. The van der Waals surface area contributed by atoms with Gasteiger partial charge in [0.05, 0.1) is 5.69 Å². The van der Waals surface area contributed by atoms with Gasteiger partial charge in [-0.1, -0.05) is 32.4 Å². The maximum Gasteiger partial charge on any atom is 0.140 e. The van der Waals surface area contributed by atoms with Gasteiger partial charge in [0.2, 0.25) is 0 Å². The minimum Gasteiger partial charge on any atom is -0.383 e. The van der Waals surface area contributed by atoms with Gasteiger partial charge in [-0.25, -0.2) is 4.68 Å². The van der Waals surface area contributed by atoms with E-state index in [0.717, 1.165) is 18.7 Å². The minimum atomic E-state index is 0.204. The molecule has 0 aliphatic rings. The van der Waals surface area contributed by atoms with E-state index in [4.69, 9.17) is 17.3 Å². The second-order valence-corrected chi connectivity index (χ2v) is 4.84. The van der Waals surface area contributed by atoms with Crippen molar-refractivity contribution < 1.29 is 0 Å². The van der Waals surface area contributed by atoms with Crippen LogP contribution in [0.4, 0.5) is 5.82 Å². The molecule has 0 aliphatic heterocycles. The van der Waals surface area contributed by atoms with E-state index in [9.17, 15) is 0 Å². The third kappa shape index (κ3) is 2.21. The Labute approximate surface area is 90.2 Å². The molecule has 4 heteroatoms. The van der Waals surface area contributed by atoms with E-state index in [1.54, 1.807) is 4.68 Å². The molecule has 0 unspecified atom stereocenters. The molecular formula is C10H18ClN3. The Morgan fingerprint density at radius 1 is 1.50 bits per heavy atom. The van der Waals surface area contributed by atoms with E-state index < -0.39 is 0 Å². The lowest BCUT2D eigenvalue weighted by atomic mass is 9.90. The molecule has 0 fully saturated rings. The summed E-state index contributed by atoms with van der Waals surface area (Å²) in [4.78, 5) is 0. The molecule has 0 atom stereocenters. The molecule has 14 heavy (non-hydrogen) atoms. The summed E-state index contributed by atoms with van der Waals surface area (Å²) in [5.41, 5.74) is 6.84. The summed E-state index contributed by atoms with van der Waals surface area (Å²) >= 11 is 5.96. The van der Waals surface area contributed by atoms with Crippen LogP contribution in [0.1, 0.15) is 32.9 Å². The molecule has 80 valence electrons. The number of nitrogens with two attached hydrogens (primary N) is 1. The quantitative estimate of drug-likeness (QED) is 0.843. The fourth-order valence-corrected chi connectivity index (χ4v) is 1.35. The highest BCUT2D eigenvalue weighted by Crippen LogP contribution is 2.27. The van der Waals surface area contributed by atoms with Crippen molar-refractivity contribution in [2.24, 2.45) is 5.41 Å².